The highest BCUT2D eigenvalue weighted by molar-refractivity contribution is 5.75. The van der Waals surface area contributed by atoms with Gasteiger partial charge in [-0.15, -0.1) is 0 Å². The molecule has 2 nitrogen and oxygen atoms in total. The summed E-state index contributed by atoms with van der Waals surface area (Å²) in [5.74, 6) is 0. The van der Waals surface area contributed by atoms with Crippen molar-refractivity contribution >= 4 is 11.1 Å². The maximum atomic E-state index is 5.19. The Labute approximate surface area is 58.5 Å². The number of nitrogens with zero attached hydrogens (tertiary/aromatic N) is 1. The van der Waals surface area contributed by atoms with Crippen LogP contribution in [-0.4, -0.2) is 4.98 Å². The largest absolute Gasteiger partial charge is 0.462 e. The van der Waals surface area contributed by atoms with Crippen molar-refractivity contribution in [3.05, 3.63) is 30.2 Å². The molecule has 0 atom stereocenters. The molecule has 2 aromatic rings. The van der Waals surface area contributed by atoms with E-state index in [2.05, 4.69) is 4.98 Å². The number of rotatable bonds is 0. The summed E-state index contributed by atoms with van der Waals surface area (Å²) in [6, 6.07) is 3.78. The molecule has 50 valence electrons. The van der Waals surface area contributed by atoms with Gasteiger partial charge in [-0.3, -0.25) is 4.98 Å². The van der Waals surface area contributed by atoms with Gasteiger partial charge in [-0.25, -0.2) is 0 Å². The van der Waals surface area contributed by atoms with Crippen LogP contribution in [0.25, 0.3) is 11.1 Å². The third kappa shape index (κ3) is 0.620. The monoisotopic (exact) mass is 133 g/mol. The van der Waals surface area contributed by atoms with Crippen LogP contribution in [-0.2, 0) is 0 Å². The van der Waals surface area contributed by atoms with Gasteiger partial charge in [0.1, 0.15) is 5.52 Å². The molecule has 0 spiro atoms. The van der Waals surface area contributed by atoms with Gasteiger partial charge in [0.15, 0.2) is 5.58 Å². The Morgan fingerprint density at radius 1 is 1.50 bits per heavy atom. The van der Waals surface area contributed by atoms with E-state index in [1.54, 1.807) is 12.5 Å². The number of pyridine rings is 1. The lowest BCUT2D eigenvalue weighted by molar-refractivity contribution is 0.612. The van der Waals surface area contributed by atoms with Gasteiger partial charge in [0.05, 0.1) is 6.26 Å². The van der Waals surface area contributed by atoms with Crippen LogP contribution in [0.2, 0.25) is 0 Å². The van der Waals surface area contributed by atoms with E-state index >= 15 is 0 Å². The van der Waals surface area contributed by atoms with Crippen molar-refractivity contribution in [2.45, 2.75) is 6.92 Å². The van der Waals surface area contributed by atoms with Crippen LogP contribution < -0.4 is 0 Å². The van der Waals surface area contributed by atoms with Gasteiger partial charge in [-0.2, -0.15) is 0 Å². The first-order valence-corrected chi connectivity index (χ1v) is 3.17. The molecular weight excluding hydrogens is 126 g/mol. The molecule has 0 aliphatic carbocycles. The Kier molecular flexibility index (Phi) is 1.01. The molecule has 0 saturated carbocycles. The van der Waals surface area contributed by atoms with Crippen molar-refractivity contribution in [3.63, 3.8) is 0 Å². The average molecular weight is 133 g/mol. The number of fused-ring (bicyclic) bond motifs is 1. The standard InChI is InChI=1S/C8H7NO/c1-6-5-10-7-3-2-4-9-8(6)7/h2-5H,1H3. The topological polar surface area (TPSA) is 26.0 Å². The molecule has 0 aliphatic rings. The third-order valence-corrected chi connectivity index (χ3v) is 1.51. The molecule has 0 saturated heterocycles. The van der Waals surface area contributed by atoms with Crippen molar-refractivity contribution in [2.24, 2.45) is 0 Å². The van der Waals surface area contributed by atoms with Crippen LogP contribution in [0.15, 0.2) is 29.0 Å². The van der Waals surface area contributed by atoms with Crippen molar-refractivity contribution in [1.29, 1.82) is 0 Å². The fourth-order valence-electron chi connectivity index (χ4n) is 0.989. The van der Waals surface area contributed by atoms with E-state index in [0.29, 0.717) is 0 Å². The van der Waals surface area contributed by atoms with Crippen molar-refractivity contribution in [1.82, 2.24) is 4.98 Å². The van der Waals surface area contributed by atoms with Gasteiger partial charge in [0, 0.05) is 11.8 Å². The Hall–Kier alpha value is -1.31. The molecule has 0 radical (unpaired) electrons. The molecule has 2 aromatic heterocycles. The van der Waals surface area contributed by atoms with Crippen LogP contribution in [0.4, 0.5) is 0 Å². The molecule has 2 heteroatoms. The Morgan fingerprint density at radius 2 is 2.40 bits per heavy atom. The van der Waals surface area contributed by atoms with E-state index in [4.69, 9.17) is 4.42 Å². The molecule has 10 heavy (non-hydrogen) atoms. The number of hydrogen-bond donors (Lipinski definition) is 0. The SMILES string of the molecule is Cc1coc2cccnc12. The van der Waals surface area contributed by atoms with Gasteiger partial charge in [-0.05, 0) is 19.1 Å². The molecule has 0 aromatic carbocycles. The summed E-state index contributed by atoms with van der Waals surface area (Å²) in [5, 5.41) is 0. The van der Waals surface area contributed by atoms with E-state index in [0.717, 1.165) is 16.7 Å². The smallest absolute Gasteiger partial charge is 0.152 e. The van der Waals surface area contributed by atoms with Gasteiger partial charge in [0.25, 0.3) is 0 Å². The first-order valence-electron chi connectivity index (χ1n) is 3.17. The lowest BCUT2D eigenvalue weighted by Gasteiger charge is -1.84. The van der Waals surface area contributed by atoms with Gasteiger partial charge in [-0.1, -0.05) is 0 Å². The van der Waals surface area contributed by atoms with E-state index in [9.17, 15) is 0 Å². The molecule has 0 N–H and O–H groups in total. The normalized spacial score (nSPS) is 10.5. The van der Waals surface area contributed by atoms with Crippen LogP contribution in [0.1, 0.15) is 5.56 Å². The minimum absolute atomic E-state index is 0.861. The van der Waals surface area contributed by atoms with E-state index < -0.39 is 0 Å². The maximum absolute atomic E-state index is 5.19. The van der Waals surface area contributed by atoms with Crippen molar-refractivity contribution in [3.8, 4) is 0 Å². The average Bonchev–Trinajstić information content (AvgIpc) is 2.34. The highest BCUT2D eigenvalue weighted by Gasteiger charge is 1.98. The van der Waals surface area contributed by atoms with Crippen LogP contribution in [0, 0.1) is 6.92 Å². The molecule has 2 rings (SSSR count). The lowest BCUT2D eigenvalue weighted by Crippen LogP contribution is -1.71. The predicted octanol–water partition coefficient (Wildman–Crippen LogP) is 2.14. The predicted molar refractivity (Wildman–Crippen MR) is 38.7 cm³/mol. The fourth-order valence-corrected chi connectivity index (χ4v) is 0.989. The van der Waals surface area contributed by atoms with E-state index in [1.807, 2.05) is 19.1 Å². The number of aryl methyl sites for hydroxylation is 1. The molecule has 0 unspecified atom stereocenters. The second-order valence-corrected chi connectivity index (χ2v) is 2.27. The highest BCUT2D eigenvalue weighted by atomic mass is 16.3. The van der Waals surface area contributed by atoms with Crippen LogP contribution >= 0.6 is 0 Å². The Morgan fingerprint density at radius 3 is 3.20 bits per heavy atom. The zero-order chi connectivity index (χ0) is 6.97. The summed E-state index contributed by atoms with van der Waals surface area (Å²) in [6.07, 6.45) is 3.49. The second-order valence-electron chi connectivity index (χ2n) is 2.27. The summed E-state index contributed by atoms with van der Waals surface area (Å²) < 4.78 is 5.19. The zero-order valence-electron chi connectivity index (χ0n) is 5.66. The maximum Gasteiger partial charge on any atom is 0.152 e. The van der Waals surface area contributed by atoms with E-state index in [-0.39, 0.29) is 0 Å². The Balaban J connectivity index is 2.93. The molecule has 0 amide bonds. The van der Waals surface area contributed by atoms with Gasteiger partial charge < -0.3 is 4.42 Å². The summed E-state index contributed by atoms with van der Waals surface area (Å²) >= 11 is 0. The lowest BCUT2D eigenvalue weighted by atomic mass is 10.3. The second kappa shape index (κ2) is 1.84. The minimum atomic E-state index is 0.861. The Bertz CT molecular complexity index is 351. The molecule has 0 aliphatic heterocycles. The van der Waals surface area contributed by atoms with E-state index in [1.165, 1.54) is 0 Å². The van der Waals surface area contributed by atoms with Crippen LogP contribution in [0.3, 0.4) is 0 Å². The first-order chi connectivity index (χ1) is 4.88. The molecular formula is C8H7NO. The number of furan rings is 1. The summed E-state index contributed by atoms with van der Waals surface area (Å²) in [6.45, 7) is 1.98. The zero-order valence-corrected chi connectivity index (χ0v) is 5.66. The van der Waals surface area contributed by atoms with Crippen molar-refractivity contribution < 1.29 is 4.42 Å². The molecule has 0 fully saturated rings. The molecule has 2 heterocycles. The number of hydrogen-bond acceptors (Lipinski definition) is 2. The van der Waals surface area contributed by atoms with Gasteiger partial charge in [0.2, 0.25) is 0 Å². The third-order valence-electron chi connectivity index (χ3n) is 1.51. The van der Waals surface area contributed by atoms with Crippen molar-refractivity contribution in [2.75, 3.05) is 0 Å². The molecule has 0 bridgehead atoms. The van der Waals surface area contributed by atoms with Gasteiger partial charge >= 0.3 is 0 Å². The quantitative estimate of drug-likeness (QED) is 0.550. The fraction of sp³-hybridized carbons (Fsp3) is 0.125. The summed E-state index contributed by atoms with van der Waals surface area (Å²) in [7, 11) is 0. The first kappa shape index (κ1) is 5.47. The summed E-state index contributed by atoms with van der Waals surface area (Å²) in [4.78, 5) is 4.15. The highest BCUT2D eigenvalue weighted by Crippen LogP contribution is 2.15. The summed E-state index contributed by atoms with van der Waals surface area (Å²) in [5.41, 5.74) is 2.91. The van der Waals surface area contributed by atoms with Crippen LogP contribution in [0.5, 0.6) is 0 Å². The minimum Gasteiger partial charge on any atom is -0.462 e. The number of aromatic nitrogens is 1.